The Hall–Kier alpha value is -1.96. The van der Waals surface area contributed by atoms with Crippen LogP contribution in [0.25, 0.3) is 21.8 Å². The van der Waals surface area contributed by atoms with E-state index in [-0.39, 0.29) is 11.0 Å². The van der Waals surface area contributed by atoms with Crippen LogP contribution in [0.5, 0.6) is 0 Å². The second-order valence-corrected chi connectivity index (χ2v) is 12.2. The number of fused-ring (bicyclic) bond motifs is 6. The molecule has 1 aromatic carbocycles. The molecule has 2 heteroatoms. The highest BCUT2D eigenvalue weighted by atomic mass is 15.1. The molecule has 166 valence electrons. The summed E-state index contributed by atoms with van der Waals surface area (Å²) in [6.45, 7) is 14.4. The molecule has 6 unspecified atom stereocenters. The molecule has 2 fully saturated rings. The molecule has 0 N–H and O–H groups in total. The normalized spacial score (nSPS) is 36.4. The third-order valence-corrected chi connectivity index (χ3v) is 11.0. The van der Waals surface area contributed by atoms with Gasteiger partial charge in [0.2, 0.25) is 5.52 Å². The fourth-order valence-electron chi connectivity index (χ4n) is 8.99. The minimum Gasteiger partial charge on any atom is -0.253 e. The van der Waals surface area contributed by atoms with Crippen LogP contribution in [0.1, 0.15) is 106 Å². The summed E-state index contributed by atoms with van der Waals surface area (Å²) >= 11 is 0. The second-order valence-electron chi connectivity index (χ2n) is 12.2. The van der Waals surface area contributed by atoms with Gasteiger partial charge in [-0.25, -0.2) is 0 Å². The van der Waals surface area contributed by atoms with Gasteiger partial charge in [0.05, 0.1) is 21.7 Å². The van der Waals surface area contributed by atoms with Crippen LogP contribution in [-0.4, -0.2) is 4.98 Å². The zero-order valence-corrected chi connectivity index (χ0v) is 20.7. The number of aryl methyl sites for hydroxylation is 2. The highest BCUT2D eigenvalue weighted by Crippen LogP contribution is 2.62. The Bertz CT molecular complexity index is 1330. The summed E-state index contributed by atoms with van der Waals surface area (Å²) in [5.41, 5.74) is 10.4. The molecule has 3 aromatic rings. The maximum atomic E-state index is 5.12. The van der Waals surface area contributed by atoms with Gasteiger partial charge >= 0.3 is 0 Å². The predicted octanol–water partition coefficient (Wildman–Crippen LogP) is 7.10. The fourth-order valence-corrected chi connectivity index (χ4v) is 8.99. The van der Waals surface area contributed by atoms with E-state index in [0.29, 0.717) is 0 Å². The number of benzene rings is 1. The van der Waals surface area contributed by atoms with Gasteiger partial charge in [0, 0.05) is 24.6 Å². The van der Waals surface area contributed by atoms with Gasteiger partial charge in [0.15, 0.2) is 11.7 Å². The molecule has 1 aliphatic heterocycles. The Morgan fingerprint density at radius 3 is 2.59 bits per heavy atom. The van der Waals surface area contributed by atoms with Crippen LogP contribution in [0, 0.1) is 25.7 Å². The zero-order valence-electron chi connectivity index (χ0n) is 20.7. The highest BCUT2D eigenvalue weighted by Gasteiger charge is 2.57. The van der Waals surface area contributed by atoms with E-state index in [1.165, 1.54) is 47.7 Å². The summed E-state index contributed by atoms with van der Waals surface area (Å²) < 4.78 is 2.77. The standard InChI is InChI=1S/C30H37N2/c1-7-29(5)24-10-17(4)31-27-16(3)9-22-25-21-13-18-11-19(21)14-20(12-18)23(25)15-32(28(22)26(24)27)30(29,6)8-2/h9-10,15,18-21H,7-8,11-14H2,1-6H3/q+1. The van der Waals surface area contributed by atoms with E-state index >= 15 is 0 Å². The molecule has 32 heavy (non-hydrogen) atoms. The predicted molar refractivity (Wildman–Crippen MR) is 131 cm³/mol. The van der Waals surface area contributed by atoms with Crippen molar-refractivity contribution in [2.75, 3.05) is 0 Å². The second kappa shape index (κ2) is 5.93. The van der Waals surface area contributed by atoms with Crippen LogP contribution in [0.4, 0.5) is 0 Å². The quantitative estimate of drug-likeness (QED) is 0.316. The average molecular weight is 426 g/mol. The lowest BCUT2D eigenvalue weighted by atomic mass is 9.60. The largest absolute Gasteiger partial charge is 0.253 e. The summed E-state index contributed by atoms with van der Waals surface area (Å²) in [7, 11) is 0. The van der Waals surface area contributed by atoms with E-state index < -0.39 is 0 Å². The molecule has 3 heterocycles. The summed E-state index contributed by atoms with van der Waals surface area (Å²) in [5, 5.41) is 3.02. The van der Waals surface area contributed by atoms with Gasteiger partial charge in [-0.05, 0) is 105 Å². The molecule has 3 bridgehead atoms. The first-order chi connectivity index (χ1) is 15.3. The van der Waals surface area contributed by atoms with Crippen molar-refractivity contribution in [2.45, 2.75) is 103 Å². The van der Waals surface area contributed by atoms with Crippen molar-refractivity contribution in [3.63, 3.8) is 0 Å². The SMILES string of the molecule is CCC1(C)c2cc(C)nc3c(C)cc4c5c(c[n+](c4c23)C1(C)CC)C1CC2CC(C1)C5C2. The molecular formula is C30H37N2+. The number of aromatic nitrogens is 2. The molecule has 6 atom stereocenters. The number of hydrogen-bond donors (Lipinski definition) is 0. The molecule has 0 amide bonds. The lowest BCUT2D eigenvalue weighted by Crippen LogP contribution is -2.66. The summed E-state index contributed by atoms with van der Waals surface area (Å²) in [6.07, 6.45) is 10.7. The Morgan fingerprint density at radius 2 is 1.84 bits per heavy atom. The molecular weight excluding hydrogens is 388 g/mol. The van der Waals surface area contributed by atoms with Gasteiger partial charge in [0.25, 0.3) is 0 Å². The monoisotopic (exact) mass is 425 g/mol. The Labute approximate surface area is 192 Å². The fraction of sp³-hybridized carbons (Fsp3) is 0.600. The van der Waals surface area contributed by atoms with Gasteiger partial charge < -0.3 is 0 Å². The molecule has 0 spiro atoms. The third kappa shape index (κ3) is 2.01. The van der Waals surface area contributed by atoms with Gasteiger partial charge in [-0.2, -0.15) is 4.57 Å². The first kappa shape index (κ1) is 19.5. The minimum absolute atomic E-state index is 0.0620. The molecule has 0 saturated heterocycles. The topological polar surface area (TPSA) is 16.8 Å². The van der Waals surface area contributed by atoms with Crippen molar-refractivity contribution in [3.05, 3.63) is 46.3 Å². The third-order valence-electron chi connectivity index (χ3n) is 11.0. The summed E-state index contributed by atoms with van der Waals surface area (Å²) in [4.78, 5) is 5.12. The van der Waals surface area contributed by atoms with E-state index in [9.17, 15) is 0 Å². The summed E-state index contributed by atoms with van der Waals surface area (Å²) in [6, 6.07) is 4.96. The first-order valence-corrected chi connectivity index (χ1v) is 13.1. The van der Waals surface area contributed by atoms with E-state index in [1.807, 2.05) is 0 Å². The van der Waals surface area contributed by atoms with Crippen molar-refractivity contribution < 1.29 is 4.57 Å². The van der Waals surface area contributed by atoms with Crippen molar-refractivity contribution in [1.29, 1.82) is 0 Å². The number of nitrogens with zero attached hydrogens (tertiary/aromatic N) is 2. The van der Waals surface area contributed by atoms with Crippen molar-refractivity contribution >= 4 is 21.8 Å². The maximum Gasteiger partial charge on any atom is 0.223 e. The van der Waals surface area contributed by atoms with Gasteiger partial charge in [-0.15, -0.1) is 0 Å². The molecule has 4 aliphatic rings. The van der Waals surface area contributed by atoms with E-state index in [0.717, 1.165) is 42.2 Å². The molecule has 2 saturated carbocycles. The lowest BCUT2D eigenvalue weighted by molar-refractivity contribution is -0.751. The number of pyridine rings is 2. The number of rotatable bonds is 2. The first-order valence-electron chi connectivity index (χ1n) is 13.1. The summed E-state index contributed by atoms with van der Waals surface area (Å²) in [5.74, 6) is 3.46. The lowest BCUT2D eigenvalue weighted by Gasteiger charge is -2.46. The van der Waals surface area contributed by atoms with Crippen molar-refractivity contribution in [3.8, 4) is 0 Å². The van der Waals surface area contributed by atoms with E-state index in [2.05, 4.69) is 64.4 Å². The smallest absolute Gasteiger partial charge is 0.223 e. The van der Waals surface area contributed by atoms with Gasteiger partial charge in [0.1, 0.15) is 0 Å². The van der Waals surface area contributed by atoms with Crippen molar-refractivity contribution in [2.24, 2.45) is 11.8 Å². The molecule has 2 aromatic heterocycles. The van der Waals surface area contributed by atoms with Gasteiger partial charge in [-0.3, -0.25) is 4.98 Å². The van der Waals surface area contributed by atoms with Crippen LogP contribution < -0.4 is 4.57 Å². The highest BCUT2D eigenvalue weighted by molar-refractivity contribution is 6.08. The zero-order chi connectivity index (χ0) is 22.2. The van der Waals surface area contributed by atoms with E-state index in [4.69, 9.17) is 4.98 Å². The Kier molecular flexibility index (Phi) is 3.62. The minimum atomic E-state index is 0.0620. The van der Waals surface area contributed by atoms with Crippen LogP contribution >= 0.6 is 0 Å². The number of hydrogen-bond acceptors (Lipinski definition) is 1. The average Bonchev–Trinajstić information content (AvgIpc) is 3.02. The van der Waals surface area contributed by atoms with Crippen molar-refractivity contribution in [1.82, 2.24) is 4.98 Å². The van der Waals surface area contributed by atoms with Gasteiger partial charge in [-0.1, -0.05) is 13.8 Å². The Morgan fingerprint density at radius 1 is 1.03 bits per heavy atom. The molecule has 3 aliphatic carbocycles. The maximum absolute atomic E-state index is 5.12. The molecule has 0 radical (unpaired) electrons. The van der Waals surface area contributed by atoms with Crippen LogP contribution in [-0.2, 0) is 11.0 Å². The molecule has 2 nitrogen and oxygen atoms in total. The van der Waals surface area contributed by atoms with E-state index in [1.54, 1.807) is 22.1 Å². The van der Waals surface area contributed by atoms with Crippen LogP contribution in [0.3, 0.4) is 0 Å². The van der Waals surface area contributed by atoms with Crippen LogP contribution in [0.2, 0.25) is 0 Å². The van der Waals surface area contributed by atoms with Crippen LogP contribution in [0.15, 0.2) is 18.3 Å². The molecule has 7 rings (SSSR count). The Balaban J connectivity index is 1.73.